The number of halogens is 1. The number of aliphatic imine (C=N–C) groups is 1. The second kappa shape index (κ2) is 6.02. The first-order valence-electron chi connectivity index (χ1n) is 6.21. The maximum atomic E-state index is 4.68. The molecule has 3 heteroatoms. The van der Waals surface area contributed by atoms with Crippen molar-refractivity contribution in [2.45, 2.75) is 18.2 Å². The summed E-state index contributed by atoms with van der Waals surface area (Å²) >= 11 is 3.67. The van der Waals surface area contributed by atoms with Crippen molar-refractivity contribution in [3.63, 3.8) is 0 Å². The van der Waals surface area contributed by atoms with Crippen LogP contribution < -0.4 is 5.32 Å². The van der Waals surface area contributed by atoms with E-state index in [9.17, 15) is 0 Å². The number of benzene rings is 2. The number of para-hydroxylation sites is 2. The molecule has 0 aliphatic heterocycles. The van der Waals surface area contributed by atoms with Crippen LogP contribution in [0.1, 0.15) is 13.8 Å². The zero-order chi connectivity index (χ0) is 13.7. The molecule has 2 aromatic carbocycles. The SMILES string of the molecule is CC(C)(Br)C(=Nc1ccccc1)Nc1ccccc1. The molecule has 0 saturated carbocycles. The molecule has 98 valence electrons. The van der Waals surface area contributed by atoms with Gasteiger partial charge in [-0.3, -0.25) is 0 Å². The first-order valence-corrected chi connectivity index (χ1v) is 7.00. The van der Waals surface area contributed by atoms with E-state index in [1.54, 1.807) is 0 Å². The standard InChI is InChI=1S/C16H17BrN2/c1-16(2,17)15(18-13-9-5-3-6-10-13)19-14-11-7-4-8-12-14/h3-12H,1-2H3,(H,18,19). The van der Waals surface area contributed by atoms with Gasteiger partial charge in [0, 0.05) is 5.69 Å². The van der Waals surface area contributed by atoms with Gasteiger partial charge in [0.15, 0.2) is 0 Å². The quantitative estimate of drug-likeness (QED) is 0.481. The number of nitrogens with one attached hydrogen (secondary N) is 1. The number of alkyl halides is 1. The van der Waals surface area contributed by atoms with Crippen molar-refractivity contribution in [3.05, 3.63) is 60.7 Å². The van der Waals surface area contributed by atoms with Gasteiger partial charge < -0.3 is 5.32 Å². The van der Waals surface area contributed by atoms with E-state index in [2.05, 4.69) is 40.1 Å². The van der Waals surface area contributed by atoms with Gasteiger partial charge >= 0.3 is 0 Å². The third-order valence-electron chi connectivity index (χ3n) is 2.60. The summed E-state index contributed by atoms with van der Waals surface area (Å²) in [6.07, 6.45) is 0. The zero-order valence-corrected chi connectivity index (χ0v) is 12.7. The third kappa shape index (κ3) is 4.21. The van der Waals surface area contributed by atoms with Crippen molar-refractivity contribution in [1.82, 2.24) is 0 Å². The topological polar surface area (TPSA) is 24.4 Å². The highest BCUT2D eigenvalue weighted by atomic mass is 79.9. The van der Waals surface area contributed by atoms with Gasteiger partial charge in [0.2, 0.25) is 0 Å². The van der Waals surface area contributed by atoms with Crippen LogP contribution in [0, 0.1) is 0 Å². The average molecular weight is 317 g/mol. The first-order chi connectivity index (χ1) is 9.05. The Kier molecular flexibility index (Phi) is 4.38. The Bertz CT molecular complexity index is 542. The zero-order valence-electron chi connectivity index (χ0n) is 11.1. The van der Waals surface area contributed by atoms with Crippen LogP contribution in [-0.4, -0.2) is 10.2 Å². The largest absolute Gasteiger partial charge is 0.343 e. The summed E-state index contributed by atoms with van der Waals surface area (Å²) in [6.45, 7) is 4.15. The van der Waals surface area contributed by atoms with Crippen molar-refractivity contribution in [1.29, 1.82) is 0 Å². The molecule has 2 nitrogen and oxygen atoms in total. The predicted molar refractivity (Wildman–Crippen MR) is 86.6 cm³/mol. The number of hydrogen-bond donors (Lipinski definition) is 1. The molecule has 0 heterocycles. The van der Waals surface area contributed by atoms with E-state index in [0.29, 0.717) is 0 Å². The smallest absolute Gasteiger partial charge is 0.123 e. The van der Waals surface area contributed by atoms with E-state index >= 15 is 0 Å². The molecule has 0 unspecified atom stereocenters. The van der Waals surface area contributed by atoms with E-state index in [1.807, 2.05) is 60.7 Å². The van der Waals surface area contributed by atoms with Crippen LogP contribution in [0.2, 0.25) is 0 Å². The molecule has 0 radical (unpaired) electrons. The summed E-state index contributed by atoms with van der Waals surface area (Å²) in [5, 5.41) is 3.37. The van der Waals surface area contributed by atoms with Gasteiger partial charge in [0.1, 0.15) is 5.84 Å². The van der Waals surface area contributed by atoms with Crippen molar-refractivity contribution in [2.24, 2.45) is 4.99 Å². The minimum Gasteiger partial charge on any atom is -0.343 e. The maximum absolute atomic E-state index is 4.68. The maximum Gasteiger partial charge on any atom is 0.123 e. The van der Waals surface area contributed by atoms with E-state index in [-0.39, 0.29) is 4.32 Å². The van der Waals surface area contributed by atoms with Gasteiger partial charge in [-0.25, -0.2) is 4.99 Å². The minimum absolute atomic E-state index is 0.224. The molecule has 2 aromatic rings. The van der Waals surface area contributed by atoms with Gasteiger partial charge in [-0.2, -0.15) is 0 Å². The van der Waals surface area contributed by atoms with Gasteiger partial charge in [-0.1, -0.05) is 52.3 Å². The minimum atomic E-state index is -0.224. The molecule has 0 bridgehead atoms. The van der Waals surface area contributed by atoms with Crippen LogP contribution in [0.25, 0.3) is 0 Å². The van der Waals surface area contributed by atoms with E-state index in [1.165, 1.54) is 0 Å². The van der Waals surface area contributed by atoms with Crippen molar-refractivity contribution in [2.75, 3.05) is 5.32 Å². The number of rotatable bonds is 3. The van der Waals surface area contributed by atoms with Gasteiger partial charge in [0.25, 0.3) is 0 Å². The van der Waals surface area contributed by atoms with Gasteiger partial charge in [-0.15, -0.1) is 0 Å². The Morgan fingerprint density at radius 1 is 0.947 bits per heavy atom. The molecule has 0 spiro atoms. The Hall–Kier alpha value is -1.61. The summed E-state index contributed by atoms with van der Waals surface area (Å²) < 4.78 is -0.224. The summed E-state index contributed by atoms with van der Waals surface area (Å²) in [6, 6.07) is 20.0. The van der Waals surface area contributed by atoms with Crippen LogP contribution >= 0.6 is 15.9 Å². The lowest BCUT2D eigenvalue weighted by Crippen LogP contribution is -2.31. The van der Waals surface area contributed by atoms with E-state index in [0.717, 1.165) is 17.2 Å². The number of hydrogen-bond acceptors (Lipinski definition) is 1. The Morgan fingerprint density at radius 3 is 2.00 bits per heavy atom. The fourth-order valence-corrected chi connectivity index (χ4v) is 1.79. The van der Waals surface area contributed by atoms with Gasteiger partial charge in [0.05, 0.1) is 10.0 Å². The highest BCUT2D eigenvalue weighted by Crippen LogP contribution is 2.23. The first kappa shape index (κ1) is 13.8. The lowest BCUT2D eigenvalue weighted by atomic mass is 10.2. The second-order valence-corrected chi connectivity index (χ2v) is 6.74. The van der Waals surface area contributed by atoms with Crippen LogP contribution in [0.5, 0.6) is 0 Å². The number of anilines is 1. The van der Waals surface area contributed by atoms with Crippen molar-refractivity contribution in [3.8, 4) is 0 Å². The lowest BCUT2D eigenvalue weighted by molar-refractivity contribution is 0.967. The van der Waals surface area contributed by atoms with Crippen LogP contribution in [0.4, 0.5) is 11.4 Å². The van der Waals surface area contributed by atoms with Crippen LogP contribution in [0.3, 0.4) is 0 Å². The second-order valence-electron chi connectivity index (χ2n) is 4.76. The van der Waals surface area contributed by atoms with E-state index in [4.69, 9.17) is 0 Å². The highest BCUT2D eigenvalue weighted by molar-refractivity contribution is 9.10. The van der Waals surface area contributed by atoms with Crippen LogP contribution in [0.15, 0.2) is 65.7 Å². The fourth-order valence-electron chi connectivity index (χ4n) is 1.60. The summed E-state index contributed by atoms with van der Waals surface area (Å²) in [4.78, 5) is 4.68. The molecule has 2 rings (SSSR count). The van der Waals surface area contributed by atoms with Crippen molar-refractivity contribution >= 4 is 33.1 Å². The molecule has 0 aromatic heterocycles. The normalized spacial score (nSPS) is 12.3. The van der Waals surface area contributed by atoms with E-state index < -0.39 is 0 Å². The Balaban J connectivity index is 2.30. The highest BCUT2D eigenvalue weighted by Gasteiger charge is 2.21. The monoisotopic (exact) mass is 316 g/mol. The third-order valence-corrected chi connectivity index (χ3v) is 2.97. The predicted octanol–water partition coefficient (Wildman–Crippen LogP) is 5.00. The summed E-state index contributed by atoms with van der Waals surface area (Å²) in [7, 11) is 0. The lowest BCUT2D eigenvalue weighted by Gasteiger charge is -2.21. The summed E-state index contributed by atoms with van der Waals surface area (Å²) in [5.74, 6) is 0.880. The molecule has 0 atom stereocenters. The molecule has 0 aliphatic rings. The Labute approximate surface area is 122 Å². The molecule has 0 amide bonds. The average Bonchev–Trinajstić information content (AvgIpc) is 2.39. The van der Waals surface area contributed by atoms with Crippen LogP contribution in [-0.2, 0) is 0 Å². The molecular formula is C16H17BrN2. The molecule has 1 N–H and O–H groups in total. The molecule has 0 saturated heterocycles. The van der Waals surface area contributed by atoms with Crippen molar-refractivity contribution < 1.29 is 0 Å². The fraction of sp³-hybridized carbons (Fsp3) is 0.188. The Morgan fingerprint density at radius 2 is 1.47 bits per heavy atom. The molecule has 0 fully saturated rings. The van der Waals surface area contributed by atoms with Gasteiger partial charge in [-0.05, 0) is 38.1 Å². The number of amidine groups is 1. The summed E-state index contributed by atoms with van der Waals surface area (Å²) in [5.41, 5.74) is 1.97. The number of nitrogens with zero attached hydrogens (tertiary/aromatic N) is 1. The molecule has 0 aliphatic carbocycles. The molecular weight excluding hydrogens is 300 g/mol. The molecule has 19 heavy (non-hydrogen) atoms.